The zero-order valence-corrected chi connectivity index (χ0v) is 12.1. The first-order chi connectivity index (χ1) is 8.05. The Bertz CT molecular complexity index is 235. The number of hydrogen-bond donors (Lipinski definition) is 1. The van der Waals surface area contributed by atoms with E-state index in [2.05, 4.69) is 38.2 Å². The van der Waals surface area contributed by atoms with Gasteiger partial charge in [0, 0.05) is 18.1 Å². The molecule has 0 aromatic rings. The summed E-state index contributed by atoms with van der Waals surface area (Å²) in [7, 11) is 4.49. The highest BCUT2D eigenvalue weighted by molar-refractivity contribution is 4.99. The third-order valence-electron chi connectivity index (χ3n) is 5.44. The second kappa shape index (κ2) is 5.27. The Morgan fingerprint density at radius 3 is 2.06 bits per heavy atom. The summed E-state index contributed by atoms with van der Waals surface area (Å²) < 4.78 is 0. The summed E-state index contributed by atoms with van der Waals surface area (Å²) in [5, 5.41) is 3.90. The average Bonchev–Trinajstić information content (AvgIpc) is 2.19. The fourth-order valence-electron chi connectivity index (χ4n) is 3.76. The van der Waals surface area contributed by atoms with Crippen LogP contribution in [-0.2, 0) is 0 Å². The van der Waals surface area contributed by atoms with Gasteiger partial charge < -0.3 is 10.2 Å². The summed E-state index contributed by atoms with van der Waals surface area (Å²) in [6.07, 6.45) is 8.42. The lowest BCUT2D eigenvalue weighted by atomic mass is 9.74. The van der Waals surface area contributed by atoms with Crippen LogP contribution >= 0.6 is 0 Å². The van der Waals surface area contributed by atoms with E-state index < -0.39 is 0 Å². The van der Waals surface area contributed by atoms with Crippen molar-refractivity contribution in [2.45, 2.75) is 64.0 Å². The van der Waals surface area contributed by atoms with Crippen molar-refractivity contribution in [3.8, 4) is 0 Å². The lowest BCUT2D eigenvalue weighted by Gasteiger charge is -2.49. The minimum absolute atomic E-state index is 0.469. The van der Waals surface area contributed by atoms with Gasteiger partial charge in [-0.3, -0.25) is 0 Å². The molecule has 1 N–H and O–H groups in total. The molecule has 2 atom stereocenters. The first-order valence-corrected chi connectivity index (χ1v) is 7.46. The maximum atomic E-state index is 3.90. The van der Waals surface area contributed by atoms with Crippen LogP contribution in [0.1, 0.15) is 52.4 Å². The molecule has 0 radical (unpaired) electrons. The fourth-order valence-corrected chi connectivity index (χ4v) is 3.76. The smallest absolute Gasteiger partial charge is 0.0328 e. The van der Waals surface area contributed by atoms with E-state index in [4.69, 9.17) is 0 Å². The Hall–Kier alpha value is -0.0800. The number of rotatable bonds is 4. The van der Waals surface area contributed by atoms with Gasteiger partial charge in [-0.05, 0) is 58.0 Å². The lowest BCUT2D eigenvalue weighted by molar-refractivity contribution is 0.0487. The zero-order chi connectivity index (χ0) is 12.5. The number of nitrogens with one attached hydrogen (secondary N) is 1. The van der Waals surface area contributed by atoms with Crippen LogP contribution in [0, 0.1) is 11.8 Å². The van der Waals surface area contributed by atoms with Crippen molar-refractivity contribution >= 4 is 0 Å². The van der Waals surface area contributed by atoms with Gasteiger partial charge in [-0.2, -0.15) is 0 Å². The normalized spacial score (nSPS) is 36.9. The molecular formula is C15H30N2. The summed E-state index contributed by atoms with van der Waals surface area (Å²) in [6.45, 7) is 6.05. The van der Waals surface area contributed by atoms with Crippen LogP contribution in [0.3, 0.4) is 0 Å². The molecule has 2 unspecified atom stereocenters. The van der Waals surface area contributed by atoms with Gasteiger partial charge in [0.2, 0.25) is 0 Å². The second-order valence-electron chi connectivity index (χ2n) is 6.76. The molecule has 17 heavy (non-hydrogen) atoms. The van der Waals surface area contributed by atoms with Crippen LogP contribution in [0.25, 0.3) is 0 Å². The molecule has 100 valence electrons. The molecule has 0 aromatic heterocycles. The highest BCUT2D eigenvalue weighted by Crippen LogP contribution is 2.36. The van der Waals surface area contributed by atoms with E-state index in [1.807, 2.05) is 0 Å². The van der Waals surface area contributed by atoms with Crippen molar-refractivity contribution in [3.05, 3.63) is 0 Å². The van der Waals surface area contributed by atoms with Crippen LogP contribution in [0.4, 0.5) is 0 Å². The first kappa shape index (κ1) is 13.4. The van der Waals surface area contributed by atoms with Gasteiger partial charge >= 0.3 is 0 Å². The molecule has 0 saturated heterocycles. The van der Waals surface area contributed by atoms with Crippen molar-refractivity contribution in [2.24, 2.45) is 11.8 Å². The Labute approximate surface area is 107 Å². The van der Waals surface area contributed by atoms with Gasteiger partial charge in [0.15, 0.2) is 0 Å². The Kier molecular flexibility index (Phi) is 4.14. The molecule has 2 aliphatic carbocycles. The second-order valence-corrected chi connectivity index (χ2v) is 6.76. The molecule has 0 heterocycles. The van der Waals surface area contributed by atoms with Gasteiger partial charge in [-0.15, -0.1) is 0 Å². The van der Waals surface area contributed by atoms with Gasteiger partial charge in [0.25, 0.3) is 0 Å². The van der Waals surface area contributed by atoms with Crippen molar-refractivity contribution in [1.29, 1.82) is 0 Å². The Morgan fingerprint density at radius 1 is 1.06 bits per heavy atom. The van der Waals surface area contributed by atoms with E-state index in [-0.39, 0.29) is 0 Å². The summed E-state index contributed by atoms with van der Waals surface area (Å²) in [5.74, 6) is 1.72. The molecule has 2 fully saturated rings. The Balaban J connectivity index is 1.88. The van der Waals surface area contributed by atoms with Crippen molar-refractivity contribution in [2.75, 3.05) is 20.6 Å². The number of nitrogens with zero attached hydrogens (tertiary/aromatic N) is 1. The van der Waals surface area contributed by atoms with E-state index in [9.17, 15) is 0 Å². The van der Waals surface area contributed by atoms with Crippen molar-refractivity contribution in [1.82, 2.24) is 10.2 Å². The molecule has 2 saturated carbocycles. The predicted octanol–water partition coefficient (Wildman–Crippen LogP) is 2.89. The zero-order valence-electron chi connectivity index (χ0n) is 12.1. The molecular weight excluding hydrogens is 208 g/mol. The summed E-state index contributed by atoms with van der Waals surface area (Å²) in [6, 6.07) is 0.751. The van der Waals surface area contributed by atoms with E-state index in [0.717, 1.165) is 17.9 Å². The molecule has 0 spiro atoms. The third-order valence-corrected chi connectivity index (χ3v) is 5.44. The van der Waals surface area contributed by atoms with Crippen molar-refractivity contribution < 1.29 is 0 Å². The molecule has 2 aliphatic rings. The monoisotopic (exact) mass is 238 g/mol. The number of hydrogen-bond acceptors (Lipinski definition) is 2. The topological polar surface area (TPSA) is 15.3 Å². The maximum Gasteiger partial charge on any atom is 0.0328 e. The molecule has 0 bridgehead atoms. The maximum absolute atomic E-state index is 3.90. The first-order valence-electron chi connectivity index (χ1n) is 7.46. The average molecular weight is 238 g/mol. The van der Waals surface area contributed by atoms with E-state index in [0.29, 0.717) is 5.54 Å². The highest BCUT2D eigenvalue weighted by atomic mass is 15.2. The van der Waals surface area contributed by atoms with Crippen LogP contribution in [-0.4, -0.2) is 37.1 Å². The third kappa shape index (κ3) is 2.68. The number of likely N-dealkylation sites (N-methyl/N-ethyl adjacent to an activating group) is 1. The SMILES string of the molecule is CC1CCCC(C)C1NCC1(N(C)C)CCC1. The molecule has 0 aliphatic heterocycles. The quantitative estimate of drug-likeness (QED) is 0.810. The van der Waals surface area contributed by atoms with Crippen molar-refractivity contribution in [3.63, 3.8) is 0 Å². The van der Waals surface area contributed by atoms with Gasteiger partial charge in [-0.1, -0.05) is 20.3 Å². The largest absolute Gasteiger partial charge is 0.312 e. The van der Waals surface area contributed by atoms with Crippen LogP contribution in [0.5, 0.6) is 0 Å². The predicted molar refractivity (Wildman–Crippen MR) is 74.2 cm³/mol. The van der Waals surface area contributed by atoms with Gasteiger partial charge in [0.05, 0.1) is 0 Å². The van der Waals surface area contributed by atoms with E-state index in [1.165, 1.54) is 45.1 Å². The summed E-state index contributed by atoms with van der Waals surface area (Å²) in [4.78, 5) is 2.45. The molecule has 2 heteroatoms. The minimum Gasteiger partial charge on any atom is -0.312 e. The summed E-state index contributed by atoms with van der Waals surface area (Å²) >= 11 is 0. The van der Waals surface area contributed by atoms with Crippen LogP contribution in [0.15, 0.2) is 0 Å². The Morgan fingerprint density at radius 2 is 1.65 bits per heavy atom. The minimum atomic E-state index is 0.469. The van der Waals surface area contributed by atoms with Gasteiger partial charge in [0.1, 0.15) is 0 Å². The van der Waals surface area contributed by atoms with Gasteiger partial charge in [-0.25, -0.2) is 0 Å². The molecule has 0 amide bonds. The van der Waals surface area contributed by atoms with E-state index >= 15 is 0 Å². The fraction of sp³-hybridized carbons (Fsp3) is 1.00. The molecule has 2 rings (SSSR count). The van der Waals surface area contributed by atoms with E-state index in [1.54, 1.807) is 0 Å². The molecule has 2 nitrogen and oxygen atoms in total. The standard InChI is InChI=1S/C15H30N2/c1-12-7-5-8-13(2)14(12)16-11-15(17(3)4)9-6-10-15/h12-14,16H,5-11H2,1-4H3. The lowest BCUT2D eigenvalue weighted by Crippen LogP contribution is -2.59. The van der Waals surface area contributed by atoms with Crippen LogP contribution in [0.2, 0.25) is 0 Å². The molecule has 0 aromatic carbocycles. The highest BCUT2D eigenvalue weighted by Gasteiger charge is 2.40. The summed E-state index contributed by atoms with van der Waals surface area (Å²) in [5.41, 5.74) is 0.469. The van der Waals surface area contributed by atoms with Crippen LogP contribution < -0.4 is 5.32 Å².